The first kappa shape index (κ1) is 11.1. The smallest absolute Gasteiger partial charge is 0.241 e. The van der Waals surface area contributed by atoms with Crippen LogP contribution in [0.5, 0.6) is 0 Å². The van der Waals surface area contributed by atoms with Gasteiger partial charge in [-0.1, -0.05) is 18.1 Å². The summed E-state index contributed by atoms with van der Waals surface area (Å²) in [6, 6.07) is 0. The molecule has 1 aliphatic carbocycles. The first-order valence-corrected chi connectivity index (χ1v) is 5.63. The van der Waals surface area contributed by atoms with Crippen molar-refractivity contribution in [3.05, 3.63) is 11.9 Å². The highest BCUT2D eigenvalue weighted by molar-refractivity contribution is 5.75. The van der Waals surface area contributed by atoms with Gasteiger partial charge in [0.15, 0.2) is 0 Å². The van der Waals surface area contributed by atoms with Gasteiger partial charge in [0.05, 0.1) is 11.9 Å². The summed E-state index contributed by atoms with van der Waals surface area (Å²) in [6.45, 7) is 1.34. The van der Waals surface area contributed by atoms with E-state index in [4.69, 9.17) is 5.73 Å². The Balaban J connectivity index is 1.68. The average Bonchev–Trinajstić information content (AvgIpc) is 2.97. The van der Waals surface area contributed by atoms with E-state index in [0.29, 0.717) is 12.2 Å². The zero-order valence-corrected chi connectivity index (χ0v) is 9.22. The third kappa shape index (κ3) is 3.30. The molecule has 0 bridgehead atoms. The van der Waals surface area contributed by atoms with E-state index in [1.165, 1.54) is 17.5 Å². The lowest BCUT2D eigenvalue weighted by molar-refractivity contribution is -0.121. The van der Waals surface area contributed by atoms with Crippen LogP contribution in [0, 0.1) is 5.92 Å². The lowest BCUT2D eigenvalue weighted by atomic mass is 10.3. The number of hydrogen-bond donors (Lipinski definition) is 2. The van der Waals surface area contributed by atoms with Gasteiger partial charge in [0, 0.05) is 13.1 Å². The third-order valence-electron chi connectivity index (χ3n) is 2.67. The van der Waals surface area contributed by atoms with Crippen LogP contribution in [0.2, 0.25) is 0 Å². The van der Waals surface area contributed by atoms with Crippen LogP contribution in [-0.2, 0) is 17.9 Å². The minimum absolute atomic E-state index is 0.0193. The highest BCUT2D eigenvalue weighted by atomic mass is 16.2. The van der Waals surface area contributed by atoms with Crippen LogP contribution < -0.4 is 11.1 Å². The summed E-state index contributed by atoms with van der Waals surface area (Å²) in [5.41, 5.74) is 6.10. The summed E-state index contributed by atoms with van der Waals surface area (Å²) >= 11 is 0. The molecule has 1 aromatic heterocycles. The Morgan fingerprint density at radius 3 is 3.06 bits per heavy atom. The first-order chi connectivity index (χ1) is 7.78. The second-order valence-corrected chi connectivity index (χ2v) is 4.19. The van der Waals surface area contributed by atoms with Crippen molar-refractivity contribution < 1.29 is 4.79 Å². The van der Waals surface area contributed by atoms with Crippen molar-refractivity contribution in [1.29, 1.82) is 0 Å². The van der Waals surface area contributed by atoms with E-state index in [1.54, 1.807) is 6.20 Å². The fraction of sp³-hybridized carbons (Fsp3) is 0.700. The van der Waals surface area contributed by atoms with Gasteiger partial charge in [-0.3, -0.25) is 4.79 Å². The predicted molar refractivity (Wildman–Crippen MR) is 58.3 cm³/mol. The summed E-state index contributed by atoms with van der Waals surface area (Å²) < 4.78 is 1.51. The fourth-order valence-corrected chi connectivity index (χ4v) is 1.53. The Morgan fingerprint density at radius 1 is 1.62 bits per heavy atom. The van der Waals surface area contributed by atoms with E-state index < -0.39 is 0 Å². The predicted octanol–water partition coefficient (Wildman–Crippen LogP) is -0.347. The summed E-state index contributed by atoms with van der Waals surface area (Å²) in [4.78, 5) is 11.5. The molecule has 0 aromatic carbocycles. The number of aromatic nitrogens is 3. The monoisotopic (exact) mass is 223 g/mol. The first-order valence-electron chi connectivity index (χ1n) is 5.63. The molecule has 1 heterocycles. The topological polar surface area (TPSA) is 85.8 Å². The van der Waals surface area contributed by atoms with Gasteiger partial charge in [0.2, 0.25) is 5.91 Å². The maximum atomic E-state index is 11.5. The van der Waals surface area contributed by atoms with Crippen LogP contribution in [0.3, 0.4) is 0 Å². The summed E-state index contributed by atoms with van der Waals surface area (Å²) in [5.74, 6) is 0.824. The maximum Gasteiger partial charge on any atom is 0.241 e. The van der Waals surface area contributed by atoms with Crippen LogP contribution >= 0.6 is 0 Å². The number of nitrogens with zero attached hydrogens (tertiary/aromatic N) is 3. The van der Waals surface area contributed by atoms with Crippen molar-refractivity contribution in [2.24, 2.45) is 11.7 Å². The molecule has 1 saturated carbocycles. The second-order valence-electron chi connectivity index (χ2n) is 4.19. The zero-order valence-electron chi connectivity index (χ0n) is 9.22. The zero-order chi connectivity index (χ0) is 11.4. The SMILES string of the molecule is NCc1cn(CC(=O)NCCC2CC2)nn1. The van der Waals surface area contributed by atoms with Crippen molar-refractivity contribution in [3.8, 4) is 0 Å². The van der Waals surface area contributed by atoms with Gasteiger partial charge in [-0.15, -0.1) is 5.10 Å². The number of carbonyl (C=O) groups is 1. The lowest BCUT2D eigenvalue weighted by Gasteiger charge is -2.03. The molecule has 0 radical (unpaired) electrons. The Morgan fingerprint density at radius 2 is 2.44 bits per heavy atom. The minimum Gasteiger partial charge on any atom is -0.354 e. The molecular formula is C10H17N5O. The molecule has 1 fully saturated rings. The Kier molecular flexibility index (Phi) is 3.51. The average molecular weight is 223 g/mol. The van der Waals surface area contributed by atoms with Crippen LogP contribution in [0.15, 0.2) is 6.20 Å². The Labute approximate surface area is 94.2 Å². The van der Waals surface area contributed by atoms with E-state index in [-0.39, 0.29) is 12.5 Å². The van der Waals surface area contributed by atoms with Crippen LogP contribution in [0.25, 0.3) is 0 Å². The molecule has 2 rings (SSSR count). The highest BCUT2D eigenvalue weighted by Crippen LogP contribution is 2.31. The number of nitrogens with two attached hydrogens (primary N) is 1. The summed E-state index contributed by atoms with van der Waals surface area (Å²) in [5, 5.41) is 10.5. The molecule has 1 amide bonds. The number of nitrogens with one attached hydrogen (secondary N) is 1. The van der Waals surface area contributed by atoms with Gasteiger partial charge in [-0.2, -0.15) is 0 Å². The molecule has 0 saturated heterocycles. The van der Waals surface area contributed by atoms with Crippen molar-refractivity contribution in [3.63, 3.8) is 0 Å². The number of carbonyl (C=O) groups excluding carboxylic acids is 1. The van der Waals surface area contributed by atoms with Crippen LogP contribution in [-0.4, -0.2) is 27.4 Å². The van der Waals surface area contributed by atoms with Crippen molar-refractivity contribution in [1.82, 2.24) is 20.3 Å². The third-order valence-corrected chi connectivity index (χ3v) is 2.67. The molecule has 6 nitrogen and oxygen atoms in total. The normalized spacial score (nSPS) is 15.1. The molecule has 16 heavy (non-hydrogen) atoms. The van der Waals surface area contributed by atoms with Crippen molar-refractivity contribution in [2.75, 3.05) is 6.54 Å². The molecule has 6 heteroatoms. The number of rotatable bonds is 6. The van der Waals surface area contributed by atoms with Gasteiger partial charge in [-0.25, -0.2) is 4.68 Å². The minimum atomic E-state index is -0.0193. The van der Waals surface area contributed by atoms with E-state index in [9.17, 15) is 4.79 Å². The number of amides is 1. The van der Waals surface area contributed by atoms with E-state index in [2.05, 4.69) is 15.6 Å². The second kappa shape index (κ2) is 5.07. The molecule has 3 N–H and O–H groups in total. The summed E-state index contributed by atoms with van der Waals surface area (Å²) in [6.07, 6.45) is 5.43. The largest absolute Gasteiger partial charge is 0.354 e. The van der Waals surface area contributed by atoms with Gasteiger partial charge in [-0.05, 0) is 12.3 Å². The standard InChI is InChI=1S/C10H17N5O/c11-5-9-6-15(14-13-9)7-10(16)12-4-3-8-1-2-8/h6,8H,1-5,7,11H2,(H,12,16). The molecule has 0 spiro atoms. The van der Waals surface area contributed by atoms with Gasteiger partial charge in [0.1, 0.15) is 6.54 Å². The van der Waals surface area contributed by atoms with Gasteiger partial charge >= 0.3 is 0 Å². The molecule has 1 aromatic rings. The lowest BCUT2D eigenvalue weighted by Crippen LogP contribution is -2.28. The van der Waals surface area contributed by atoms with Crippen molar-refractivity contribution >= 4 is 5.91 Å². The summed E-state index contributed by atoms with van der Waals surface area (Å²) in [7, 11) is 0. The molecule has 88 valence electrons. The van der Waals surface area contributed by atoms with Crippen molar-refractivity contribution in [2.45, 2.75) is 32.4 Å². The maximum absolute atomic E-state index is 11.5. The van der Waals surface area contributed by atoms with E-state index in [0.717, 1.165) is 18.9 Å². The Bertz CT molecular complexity index is 358. The molecule has 0 aliphatic heterocycles. The van der Waals surface area contributed by atoms with Gasteiger partial charge < -0.3 is 11.1 Å². The van der Waals surface area contributed by atoms with Crippen LogP contribution in [0.4, 0.5) is 0 Å². The molecular weight excluding hydrogens is 206 g/mol. The molecule has 1 aliphatic rings. The van der Waals surface area contributed by atoms with Gasteiger partial charge in [0.25, 0.3) is 0 Å². The van der Waals surface area contributed by atoms with E-state index >= 15 is 0 Å². The molecule has 0 unspecified atom stereocenters. The number of hydrogen-bond acceptors (Lipinski definition) is 4. The van der Waals surface area contributed by atoms with Crippen LogP contribution in [0.1, 0.15) is 25.0 Å². The Hall–Kier alpha value is -1.43. The fourth-order valence-electron chi connectivity index (χ4n) is 1.53. The highest BCUT2D eigenvalue weighted by Gasteiger charge is 2.20. The van der Waals surface area contributed by atoms with E-state index in [1.807, 2.05) is 0 Å². The molecule has 0 atom stereocenters. The quantitative estimate of drug-likeness (QED) is 0.690.